The third-order valence-corrected chi connectivity index (χ3v) is 6.60. The van der Waals surface area contributed by atoms with Crippen molar-refractivity contribution in [1.82, 2.24) is 0 Å². The zero-order valence-electron chi connectivity index (χ0n) is 8.81. The van der Waals surface area contributed by atoms with E-state index in [-0.39, 0.29) is 0 Å². The maximum atomic E-state index is 4.71. The summed E-state index contributed by atoms with van der Waals surface area (Å²) in [6.45, 7) is 10.4. The second-order valence-corrected chi connectivity index (χ2v) is 10.0. The van der Waals surface area contributed by atoms with E-state index in [4.69, 9.17) is 4.52 Å². The molecule has 0 N–H and O–H groups in total. The Morgan fingerprint density at radius 1 is 1.00 bits per heavy atom. The van der Waals surface area contributed by atoms with Crippen LogP contribution in [0.1, 0.15) is 6.92 Å². The molecule has 0 amide bonds. The standard InChI is InChI=1S/C7H19N3P2/c1-7-9-12(5,6)10-11(3,4)8-2/h7H,1-6H3. The lowest BCUT2D eigenvalue weighted by Gasteiger charge is -2.13. The fourth-order valence-electron chi connectivity index (χ4n) is 0.881. The van der Waals surface area contributed by atoms with Crippen LogP contribution in [-0.4, -0.2) is 39.9 Å². The Morgan fingerprint density at radius 2 is 1.50 bits per heavy atom. The van der Waals surface area contributed by atoms with Gasteiger partial charge in [0.2, 0.25) is 0 Å². The summed E-state index contributed by atoms with van der Waals surface area (Å²) in [5.74, 6) is 0. The minimum Gasteiger partial charge on any atom is -0.285 e. The third-order valence-electron chi connectivity index (χ3n) is 1.33. The van der Waals surface area contributed by atoms with Crippen LogP contribution in [-0.2, 0) is 0 Å². The molecular formula is C7H19N3P2. The highest BCUT2D eigenvalue weighted by atomic mass is 31.2. The highest BCUT2D eigenvalue weighted by molar-refractivity contribution is 7.74. The highest BCUT2D eigenvalue weighted by Gasteiger charge is 2.06. The summed E-state index contributed by atoms with van der Waals surface area (Å²) >= 11 is 0. The molecule has 0 radical (unpaired) electrons. The van der Waals surface area contributed by atoms with E-state index in [9.17, 15) is 0 Å². The first-order valence-corrected chi connectivity index (χ1v) is 9.05. The van der Waals surface area contributed by atoms with Gasteiger partial charge < -0.3 is 0 Å². The minimum atomic E-state index is -1.43. The molecule has 0 unspecified atom stereocenters. The van der Waals surface area contributed by atoms with E-state index >= 15 is 0 Å². The van der Waals surface area contributed by atoms with E-state index in [2.05, 4.69) is 36.2 Å². The summed E-state index contributed by atoms with van der Waals surface area (Å²) in [6, 6.07) is 0. The van der Waals surface area contributed by atoms with Gasteiger partial charge in [0, 0.05) is 13.3 Å². The van der Waals surface area contributed by atoms with Crippen LogP contribution in [0.3, 0.4) is 0 Å². The average molecular weight is 207 g/mol. The molecule has 0 aliphatic rings. The number of rotatable bonds is 2. The van der Waals surface area contributed by atoms with Crippen LogP contribution in [0, 0.1) is 0 Å². The molecule has 0 rings (SSSR count). The number of hydrogen-bond acceptors (Lipinski definition) is 1. The van der Waals surface area contributed by atoms with Gasteiger partial charge in [-0.05, 0) is 33.6 Å². The van der Waals surface area contributed by atoms with Gasteiger partial charge in [0.1, 0.15) is 0 Å². The summed E-state index contributed by atoms with van der Waals surface area (Å²) in [4.78, 5) is 0. The lowest BCUT2D eigenvalue weighted by atomic mass is 10.9. The normalized spacial score (nSPS) is 13.5. The lowest BCUT2D eigenvalue weighted by molar-refractivity contribution is 1.46. The van der Waals surface area contributed by atoms with E-state index in [1.54, 1.807) is 0 Å². The summed E-state index contributed by atoms with van der Waals surface area (Å²) in [5.41, 5.74) is 0. The van der Waals surface area contributed by atoms with Gasteiger partial charge in [-0.3, -0.25) is 9.51 Å². The Labute approximate surface area is 75.9 Å². The quantitative estimate of drug-likeness (QED) is 0.491. The minimum absolute atomic E-state index is 1.39. The van der Waals surface area contributed by atoms with Gasteiger partial charge >= 0.3 is 0 Å². The number of nitrogens with zero attached hydrogens (tertiary/aromatic N) is 3. The van der Waals surface area contributed by atoms with Crippen molar-refractivity contribution >= 4 is 20.6 Å². The van der Waals surface area contributed by atoms with Crippen molar-refractivity contribution in [2.45, 2.75) is 6.92 Å². The second-order valence-electron chi connectivity index (χ2n) is 3.34. The van der Waals surface area contributed by atoms with Crippen LogP contribution in [0.2, 0.25) is 0 Å². The topological polar surface area (TPSA) is 37.1 Å². The van der Waals surface area contributed by atoms with Crippen molar-refractivity contribution in [3.8, 4) is 0 Å². The van der Waals surface area contributed by atoms with Crippen LogP contribution in [0.4, 0.5) is 0 Å². The first-order chi connectivity index (χ1) is 5.33. The van der Waals surface area contributed by atoms with Gasteiger partial charge in [-0.15, -0.1) is 0 Å². The summed E-state index contributed by atoms with van der Waals surface area (Å²) in [7, 11) is -0.979. The largest absolute Gasteiger partial charge is 0.285 e. The Morgan fingerprint density at radius 3 is 1.83 bits per heavy atom. The van der Waals surface area contributed by atoms with Gasteiger partial charge in [-0.25, -0.2) is 4.52 Å². The summed E-state index contributed by atoms with van der Waals surface area (Å²) in [6.07, 6.45) is 1.84. The van der Waals surface area contributed by atoms with Crippen LogP contribution < -0.4 is 0 Å². The molecule has 0 saturated carbocycles. The second kappa shape index (κ2) is 4.39. The third kappa shape index (κ3) is 4.90. The van der Waals surface area contributed by atoms with Crippen molar-refractivity contribution in [2.75, 3.05) is 33.7 Å². The predicted octanol–water partition coefficient (Wildman–Crippen LogP) is 3.46. The van der Waals surface area contributed by atoms with Crippen LogP contribution in [0.25, 0.3) is 0 Å². The van der Waals surface area contributed by atoms with Crippen molar-refractivity contribution in [3.05, 3.63) is 0 Å². The van der Waals surface area contributed by atoms with Crippen LogP contribution in [0.5, 0.6) is 0 Å². The Bertz CT molecular complexity index is 266. The first kappa shape index (κ1) is 12.1. The molecule has 0 aliphatic carbocycles. The highest BCUT2D eigenvalue weighted by Crippen LogP contribution is 2.56. The molecule has 0 heterocycles. The Hall–Kier alpha value is 0.130. The number of hydrogen-bond donors (Lipinski definition) is 0. The summed E-state index contributed by atoms with van der Waals surface area (Å²) in [5, 5.41) is 0. The van der Waals surface area contributed by atoms with Crippen molar-refractivity contribution in [3.63, 3.8) is 0 Å². The molecule has 0 aliphatic heterocycles. The van der Waals surface area contributed by atoms with Gasteiger partial charge in [-0.1, -0.05) is 0 Å². The molecule has 12 heavy (non-hydrogen) atoms. The van der Waals surface area contributed by atoms with Crippen LogP contribution in [0.15, 0.2) is 14.0 Å². The van der Waals surface area contributed by atoms with Crippen molar-refractivity contribution in [2.24, 2.45) is 14.0 Å². The van der Waals surface area contributed by atoms with Crippen molar-refractivity contribution in [1.29, 1.82) is 0 Å². The Balaban J connectivity index is 5.02. The van der Waals surface area contributed by atoms with Crippen LogP contribution >= 0.6 is 14.4 Å². The lowest BCUT2D eigenvalue weighted by Crippen LogP contribution is -1.74. The van der Waals surface area contributed by atoms with Gasteiger partial charge in [0.15, 0.2) is 0 Å². The van der Waals surface area contributed by atoms with E-state index in [0.29, 0.717) is 0 Å². The molecule has 0 aromatic heterocycles. The zero-order chi connectivity index (χ0) is 9.83. The van der Waals surface area contributed by atoms with Gasteiger partial charge in [0.25, 0.3) is 0 Å². The predicted molar refractivity (Wildman–Crippen MR) is 62.5 cm³/mol. The monoisotopic (exact) mass is 207 g/mol. The summed E-state index contributed by atoms with van der Waals surface area (Å²) < 4.78 is 13.4. The fourth-order valence-corrected chi connectivity index (χ4v) is 6.24. The molecule has 0 aromatic rings. The van der Waals surface area contributed by atoms with E-state index in [0.717, 1.165) is 0 Å². The van der Waals surface area contributed by atoms with Crippen molar-refractivity contribution < 1.29 is 0 Å². The molecule has 0 fully saturated rings. The molecule has 0 saturated heterocycles. The van der Waals surface area contributed by atoms with E-state index in [1.807, 2.05) is 20.2 Å². The maximum Gasteiger partial charge on any atom is 0.0739 e. The van der Waals surface area contributed by atoms with Gasteiger partial charge in [0.05, 0.1) is 14.4 Å². The SMILES string of the molecule is CC=NP(C)(C)=NP(C)(C)=NC. The Kier molecular flexibility index (Phi) is 4.44. The molecule has 5 heteroatoms. The molecular weight excluding hydrogens is 188 g/mol. The molecule has 0 bridgehead atoms. The maximum absolute atomic E-state index is 4.71. The van der Waals surface area contributed by atoms with E-state index in [1.165, 1.54) is 0 Å². The average Bonchev–Trinajstić information content (AvgIpc) is 1.85. The molecule has 0 atom stereocenters. The fraction of sp³-hybridized carbons (Fsp3) is 0.857. The molecule has 0 aromatic carbocycles. The van der Waals surface area contributed by atoms with E-state index < -0.39 is 14.4 Å². The molecule has 3 nitrogen and oxygen atoms in total. The molecule has 0 spiro atoms. The zero-order valence-corrected chi connectivity index (χ0v) is 10.6. The smallest absolute Gasteiger partial charge is 0.0739 e. The first-order valence-electron chi connectivity index (χ1n) is 3.87. The van der Waals surface area contributed by atoms with Gasteiger partial charge in [-0.2, -0.15) is 0 Å². The molecule has 72 valence electrons.